The molecule has 0 aliphatic carbocycles. The van der Waals surface area contributed by atoms with Crippen molar-refractivity contribution in [1.29, 1.82) is 0 Å². The van der Waals surface area contributed by atoms with Crippen molar-refractivity contribution < 1.29 is 0 Å². The van der Waals surface area contributed by atoms with Crippen LogP contribution in [-0.4, -0.2) is 4.98 Å². The van der Waals surface area contributed by atoms with Gasteiger partial charge in [0.2, 0.25) is 0 Å². The van der Waals surface area contributed by atoms with E-state index in [1.807, 2.05) is 12.4 Å². The number of hydrogen-bond acceptors (Lipinski definition) is 1. The van der Waals surface area contributed by atoms with E-state index in [1.54, 1.807) is 0 Å². The van der Waals surface area contributed by atoms with Crippen LogP contribution in [-0.2, 0) is 11.8 Å². The number of nitrogens with zero attached hydrogens (tertiary/aromatic N) is 1. The van der Waals surface area contributed by atoms with E-state index >= 15 is 0 Å². The van der Waals surface area contributed by atoms with E-state index in [1.165, 1.54) is 22.3 Å². The first-order valence-electron chi connectivity index (χ1n) is 8.95. The molecule has 0 aliphatic rings. The second kappa shape index (κ2) is 7.37. The summed E-state index contributed by atoms with van der Waals surface area (Å²) in [6.07, 6.45) is 4.67. The van der Waals surface area contributed by atoms with Crippen LogP contribution in [0.15, 0.2) is 116 Å². The van der Waals surface area contributed by atoms with Gasteiger partial charge < -0.3 is 0 Å². The molecular formula is C25H21N. The van der Waals surface area contributed by atoms with Crippen LogP contribution in [0.1, 0.15) is 22.3 Å². The van der Waals surface area contributed by atoms with Crippen molar-refractivity contribution in [3.63, 3.8) is 0 Å². The molecule has 26 heavy (non-hydrogen) atoms. The third kappa shape index (κ3) is 3.04. The van der Waals surface area contributed by atoms with Crippen molar-refractivity contribution in [2.24, 2.45) is 0 Å². The van der Waals surface area contributed by atoms with Crippen LogP contribution in [0.2, 0.25) is 0 Å². The Hall–Kier alpha value is -3.19. The minimum Gasteiger partial charge on any atom is -0.265 e. The van der Waals surface area contributed by atoms with Gasteiger partial charge in [-0.2, -0.15) is 0 Å². The van der Waals surface area contributed by atoms with Gasteiger partial charge in [0.05, 0.1) is 0 Å². The molecule has 1 heteroatoms. The summed E-state index contributed by atoms with van der Waals surface area (Å²) in [4.78, 5) is 4.25. The van der Waals surface area contributed by atoms with Gasteiger partial charge in [-0.25, -0.2) is 0 Å². The lowest BCUT2D eigenvalue weighted by Crippen LogP contribution is -2.32. The van der Waals surface area contributed by atoms with Crippen LogP contribution in [0, 0.1) is 0 Å². The fourth-order valence-corrected chi connectivity index (χ4v) is 3.79. The summed E-state index contributed by atoms with van der Waals surface area (Å²) < 4.78 is 0. The maximum absolute atomic E-state index is 4.25. The van der Waals surface area contributed by atoms with E-state index in [0.29, 0.717) is 0 Å². The molecule has 1 heterocycles. The van der Waals surface area contributed by atoms with Crippen LogP contribution in [0.3, 0.4) is 0 Å². The zero-order valence-electron chi connectivity index (χ0n) is 14.6. The van der Waals surface area contributed by atoms with Crippen molar-refractivity contribution in [2.75, 3.05) is 0 Å². The Bertz CT molecular complexity index is 836. The van der Waals surface area contributed by atoms with Crippen molar-refractivity contribution in [1.82, 2.24) is 4.98 Å². The van der Waals surface area contributed by atoms with Gasteiger partial charge in [-0.15, -0.1) is 0 Å². The van der Waals surface area contributed by atoms with E-state index < -0.39 is 0 Å². The molecule has 0 amide bonds. The van der Waals surface area contributed by atoms with Crippen LogP contribution in [0.25, 0.3) is 0 Å². The summed E-state index contributed by atoms with van der Waals surface area (Å²) in [5, 5.41) is 0. The third-order valence-electron chi connectivity index (χ3n) is 5.02. The molecule has 0 saturated heterocycles. The molecule has 1 nitrogen and oxygen atoms in total. The Labute approximate surface area is 155 Å². The SMILES string of the molecule is c1ccc(CC(c2ccccc2)(c2ccccc2)c2ccncc2)cc1. The van der Waals surface area contributed by atoms with Crippen LogP contribution >= 0.6 is 0 Å². The topological polar surface area (TPSA) is 12.9 Å². The van der Waals surface area contributed by atoms with Crippen LogP contribution in [0.4, 0.5) is 0 Å². The van der Waals surface area contributed by atoms with Gasteiger partial charge in [0.15, 0.2) is 0 Å². The predicted octanol–water partition coefficient (Wildman–Crippen LogP) is 5.66. The van der Waals surface area contributed by atoms with Crippen LogP contribution in [0.5, 0.6) is 0 Å². The minimum absolute atomic E-state index is 0.257. The molecule has 0 saturated carbocycles. The average Bonchev–Trinajstić information content (AvgIpc) is 2.75. The van der Waals surface area contributed by atoms with E-state index in [9.17, 15) is 0 Å². The largest absolute Gasteiger partial charge is 0.265 e. The maximum atomic E-state index is 4.25. The molecule has 126 valence electrons. The molecule has 1 aromatic heterocycles. The number of rotatable bonds is 5. The lowest BCUT2D eigenvalue weighted by atomic mass is 9.66. The fraction of sp³-hybridized carbons (Fsp3) is 0.0800. The van der Waals surface area contributed by atoms with Gasteiger partial charge in [0.25, 0.3) is 0 Å². The molecule has 0 N–H and O–H groups in total. The Morgan fingerprint density at radius 1 is 0.500 bits per heavy atom. The molecule has 0 atom stereocenters. The molecule has 3 aromatic carbocycles. The van der Waals surface area contributed by atoms with Gasteiger partial charge in [-0.3, -0.25) is 4.98 Å². The summed E-state index contributed by atoms with van der Waals surface area (Å²) in [6.45, 7) is 0. The lowest BCUT2D eigenvalue weighted by Gasteiger charge is -2.36. The van der Waals surface area contributed by atoms with E-state index in [-0.39, 0.29) is 5.41 Å². The van der Waals surface area contributed by atoms with Gasteiger partial charge in [-0.05, 0) is 40.8 Å². The Morgan fingerprint density at radius 2 is 0.923 bits per heavy atom. The smallest absolute Gasteiger partial charge is 0.0492 e. The summed E-state index contributed by atoms with van der Waals surface area (Å²) >= 11 is 0. The fourth-order valence-electron chi connectivity index (χ4n) is 3.79. The highest BCUT2D eigenvalue weighted by atomic mass is 14.6. The quantitative estimate of drug-likeness (QED) is 0.459. The molecule has 4 aromatic rings. The van der Waals surface area contributed by atoms with Gasteiger partial charge >= 0.3 is 0 Å². The first-order chi connectivity index (χ1) is 12.9. The Morgan fingerprint density at radius 3 is 1.42 bits per heavy atom. The van der Waals surface area contributed by atoms with E-state index in [0.717, 1.165) is 6.42 Å². The van der Waals surface area contributed by atoms with E-state index in [2.05, 4.69) is 108 Å². The molecule has 0 aliphatic heterocycles. The number of hydrogen-bond donors (Lipinski definition) is 0. The lowest BCUT2D eigenvalue weighted by molar-refractivity contribution is 0.612. The van der Waals surface area contributed by atoms with Crippen LogP contribution < -0.4 is 0 Å². The number of aromatic nitrogens is 1. The predicted molar refractivity (Wildman–Crippen MR) is 107 cm³/mol. The molecule has 0 fully saturated rings. The molecule has 0 radical (unpaired) electrons. The third-order valence-corrected chi connectivity index (χ3v) is 5.02. The second-order valence-corrected chi connectivity index (χ2v) is 6.54. The number of benzene rings is 3. The summed E-state index contributed by atoms with van der Waals surface area (Å²) in [5.41, 5.74) is 4.90. The monoisotopic (exact) mass is 335 g/mol. The molecule has 0 spiro atoms. The first-order valence-corrected chi connectivity index (χ1v) is 8.95. The Balaban J connectivity index is 2.00. The molecular weight excluding hydrogens is 314 g/mol. The average molecular weight is 335 g/mol. The normalized spacial score (nSPS) is 11.2. The summed E-state index contributed by atoms with van der Waals surface area (Å²) in [5.74, 6) is 0. The maximum Gasteiger partial charge on any atom is 0.0492 e. The number of pyridine rings is 1. The molecule has 0 bridgehead atoms. The summed E-state index contributed by atoms with van der Waals surface area (Å²) in [6, 6.07) is 36.6. The van der Waals surface area contributed by atoms with Crippen molar-refractivity contribution in [2.45, 2.75) is 11.8 Å². The Kier molecular flexibility index (Phi) is 4.61. The zero-order valence-corrected chi connectivity index (χ0v) is 14.6. The van der Waals surface area contributed by atoms with Gasteiger partial charge in [0.1, 0.15) is 0 Å². The molecule has 0 unspecified atom stereocenters. The highest BCUT2D eigenvalue weighted by Gasteiger charge is 2.36. The van der Waals surface area contributed by atoms with Crippen molar-refractivity contribution >= 4 is 0 Å². The van der Waals surface area contributed by atoms with Gasteiger partial charge in [-0.1, -0.05) is 91.0 Å². The molecule has 4 rings (SSSR count). The first kappa shape index (κ1) is 16.3. The summed E-state index contributed by atoms with van der Waals surface area (Å²) in [7, 11) is 0. The van der Waals surface area contributed by atoms with Gasteiger partial charge in [0, 0.05) is 17.8 Å². The second-order valence-electron chi connectivity index (χ2n) is 6.54. The van der Waals surface area contributed by atoms with Crippen molar-refractivity contribution in [3.8, 4) is 0 Å². The standard InChI is InChI=1S/C25H21N/c1-4-10-21(11-5-1)20-25(22-12-6-2-7-13-22,23-14-8-3-9-15-23)24-16-18-26-19-17-24/h1-19H,20H2. The van der Waals surface area contributed by atoms with Crippen molar-refractivity contribution in [3.05, 3.63) is 138 Å². The highest BCUT2D eigenvalue weighted by Crippen LogP contribution is 2.41. The minimum atomic E-state index is -0.257. The highest BCUT2D eigenvalue weighted by molar-refractivity contribution is 5.51. The zero-order chi connectivity index (χ0) is 17.7. The van der Waals surface area contributed by atoms with E-state index in [4.69, 9.17) is 0 Å².